The first kappa shape index (κ1) is 9.21. The van der Waals surface area contributed by atoms with Gasteiger partial charge in [-0.25, -0.2) is 0 Å². The summed E-state index contributed by atoms with van der Waals surface area (Å²) in [4.78, 5) is 0. The van der Waals surface area contributed by atoms with Gasteiger partial charge in [0.05, 0.1) is 18.6 Å². The van der Waals surface area contributed by atoms with Gasteiger partial charge in [-0.05, 0) is 6.42 Å². The van der Waals surface area contributed by atoms with E-state index in [9.17, 15) is 0 Å². The standard InChI is InChI=1S/C6H13ClO2/c1-2-3-9-6(4-7)5-8/h6,8H,2-5H2,1H3. The highest BCUT2D eigenvalue weighted by Gasteiger charge is 2.02. The summed E-state index contributed by atoms with van der Waals surface area (Å²) < 4.78 is 5.11. The van der Waals surface area contributed by atoms with Gasteiger partial charge in [0, 0.05) is 6.61 Å². The van der Waals surface area contributed by atoms with E-state index >= 15 is 0 Å². The van der Waals surface area contributed by atoms with E-state index in [1.165, 1.54) is 0 Å². The topological polar surface area (TPSA) is 29.5 Å². The number of hydrogen-bond donors (Lipinski definition) is 1. The summed E-state index contributed by atoms with van der Waals surface area (Å²) in [6.07, 6.45) is 0.791. The minimum Gasteiger partial charge on any atom is -0.394 e. The van der Waals surface area contributed by atoms with Gasteiger partial charge in [-0.1, -0.05) is 6.92 Å². The maximum absolute atomic E-state index is 8.54. The van der Waals surface area contributed by atoms with Crippen molar-refractivity contribution in [2.24, 2.45) is 0 Å². The van der Waals surface area contributed by atoms with Crippen molar-refractivity contribution in [2.45, 2.75) is 19.4 Å². The van der Waals surface area contributed by atoms with Gasteiger partial charge < -0.3 is 9.84 Å². The van der Waals surface area contributed by atoms with Gasteiger partial charge in [0.25, 0.3) is 0 Å². The van der Waals surface area contributed by atoms with Gasteiger partial charge in [0.15, 0.2) is 0 Å². The molecule has 0 aromatic carbocycles. The van der Waals surface area contributed by atoms with Crippen molar-refractivity contribution in [3.8, 4) is 0 Å². The lowest BCUT2D eigenvalue weighted by atomic mass is 10.4. The SMILES string of the molecule is CCCOC(CO)CCl. The lowest BCUT2D eigenvalue weighted by molar-refractivity contribution is 0.0276. The summed E-state index contributed by atoms with van der Waals surface area (Å²) in [6.45, 7) is 2.71. The Morgan fingerprint density at radius 1 is 1.67 bits per heavy atom. The van der Waals surface area contributed by atoms with E-state index in [2.05, 4.69) is 0 Å². The summed E-state index contributed by atoms with van der Waals surface area (Å²) in [5, 5.41) is 8.54. The highest BCUT2D eigenvalue weighted by molar-refractivity contribution is 6.18. The Hall–Kier alpha value is 0.210. The molecule has 0 aliphatic rings. The zero-order valence-corrected chi connectivity index (χ0v) is 6.40. The number of aliphatic hydroxyl groups is 1. The van der Waals surface area contributed by atoms with Crippen LogP contribution in [-0.2, 0) is 4.74 Å². The fraction of sp³-hybridized carbons (Fsp3) is 1.00. The summed E-state index contributed by atoms with van der Waals surface area (Å²) >= 11 is 5.42. The van der Waals surface area contributed by atoms with Gasteiger partial charge >= 0.3 is 0 Å². The summed E-state index contributed by atoms with van der Waals surface area (Å²) in [5.41, 5.74) is 0. The van der Waals surface area contributed by atoms with E-state index in [0.29, 0.717) is 12.5 Å². The lowest BCUT2D eigenvalue weighted by Crippen LogP contribution is -2.19. The van der Waals surface area contributed by atoms with Crippen molar-refractivity contribution in [2.75, 3.05) is 19.1 Å². The molecule has 0 aromatic rings. The zero-order chi connectivity index (χ0) is 7.11. The number of halogens is 1. The maximum Gasteiger partial charge on any atom is 0.0940 e. The molecule has 0 saturated heterocycles. The molecule has 3 heteroatoms. The van der Waals surface area contributed by atoms with Crippen LogP contribution in [0.1, 0.15) is 13.3 Å². The van der Waals surface area contributed by atoms with Crippen LogP contribution in [0.2, 0.25) is 0 Å². The fourth-order valence-corrected chi connectivity index (χ4v) is 0.617. The van der Waals surface area contributed by atoms with Gasteiger partial charge in [0.2, 0.25) is 0 Å². The minimum atomic E-state index is -0.174. The van der Waals surface area contributed by atoms with Crippen molar-refractivity contribution in [1.82, 2.24) is 0 Å². The molecular weight excluding hydrogens is 140 g/mol. The maximum atomic E-state index is 8.54. The third kappa shape index (κ3) is 4.70. The Bertz CT molecular complexity index is 55.0. The Morgan fingerprint density at radius 3 is 2.67 bits per heavy atom. The Balaban J connectivity index is 3.09. The average Bonchev–Trinajstić information content (AvgIpc) is 1.91. The van der Waals surface area contributed by atoms with Crippen molar-refractivity contribution < 1.29 is 9.84 Å². The zero-order valence-electron chi connectivity index (χ0n) is 5.64. The Morgan fingerprint density at radius 2 is 2.33 bits per heavy atom. The molecule has 0 aliphatic carbocycles. The molecule has 0 saturated carbocycles. The second-order valence-electron chi connectivity index (χ2n) is 1.83. The molecule has 0 spiro atoms. The van der Waals surface area contributed by atoms with Crippen LogP contribution in [0.25, 0.3) is 0 Å². The number of hydrogen-bond acceptors (Lipinski definition) is 2. The first-order valence-electron chi connectivity index (χ1n) is 3.13. The van der Waals surface area contributed by atoms with E-state index in [1.807, 2.05) is 6.92 Å². The molecule has 0 bridgehead atoms. The van der Waals surface area contributed by atoms with Crippen molar-refractivity contribution in [1.29, 1.82) is 0 Å². The van der Waals surface area contributed by atoms with E-state index in [-0.39, 0.29) is 12.7 Å². The quantitative estimate of drug-likeness (QED) is 0.596. The molecule has 9 heavy (non-hydrogen) atoms. The minimum absolute atomic E-state index is 0.0174. The largest absolute Gasteiger partial charge is 0.394 e. The van der Waals surface area contributed by atoms with Crippen LogP contribution in [0.4, 0.5) is 0 Å². The van der Waals surface area contributed by atoms with Crippen LogP contribution in [0.15, 0.2) is 0 Å². The molecule has 0 fully saturated rings. The molecule has 2 nitrogen and oxygen atoms in total. The normalized spacial score (nSPS) is 13.7. The van der Waals surface area contributed by atoms with E-state index < -0.39 is 0 Å². The molecule has 1 unspecified atom stereocenters. The van der Waals surface area contributed by atoms with E-state index in [0.717, 1.165) is 6.42 Å². The van der Waals surface area contributed by atoms with Gasteiger partial charge in [0.1, 0.15) is 0 Å². The second kappa shape index (κ2) is 6.33. The summed E-state index contributed by atoms with van der Waals surface area (Å²) in [5.74, 6) is 0.372. The van der Waals surface area contributed by atoms with Crippen LogP contribution in [-0.4, -0.2) is 30.3 Å². The first-order chi connectivity index (χ1) is 4.35. The van der Waals surface area contributed by atoms with Crippen molar-refractivity contribution in [3.63, 3.8) is 0 Å². The summed E-state index contributed by atoms with van der Waals surface area (Å²) in [7, 11) is 0. The smallest absolute Gasteiger partial charge is 0.0940 e. The molecule has 1 atom stereocenters. The van der Waals surface area contributed by atoms with Crippen LogP contribution in [0, 0.1) is 0 Å². The van der Waals surface area contributed by atoms with E-state index in [1.54, 1.807) is 0 Å². The van der Waals surface area contributed by atoms with Crippen molar-refractivity contribution >= 4 is 11.6 Å². The second-order valence-corrected chi connectivity index (χ2v) is 2.14. The summed E-state index contributed by atoms with van der Waals surface area (Å²) in [6, 6.07) is 0. The molecule has 56 valence electrons. The fourth-order valence-electron chi connectivity index (χ4n) is 0.431. The molecule has 0 heterocycles. The third-order valence-electron chi connectivity index (χ3n) is 0.933. The highest BCUT2D eigenvalue weighted by Crippen LogP contribution is 1.94. The molecule has 0 radical (unpaired) electrons. The molecule has 1 N–H and O–H groups in total. The predicted molar refractivity (Wildman–Crippen MR) is 37.8 cm³/mol. The Kier molecular flexibility index (Phi) is 6.48. The van der Waals surface area contributed by atoms with Crippen molar-refractivity contribution in [3.05, 3.63) is 0 Å². The van der Waals surface area contributed by atoms with Gasteiger partial charge in [-0.3, -0.25) is 0 Å². The predicted octanol–water partition coefficient (Wildman–Crippen LogP) is 1.01. The molecular formula is C6H13ClO2. The van der Waals surface area contributed by atoms with Crippen LogP contribution in [0.5, 0.6) is 0 Å². The molecule has 0 rings (SSSR count). The lowest BCUT2D eigenvalue weighted by Gasteiger charge is -2.09. The van der Waals surface area contributed by atoms with Crippen LogP contribution < -0.4 is 0 Å². The van der Waals surface area contributed by atoms with Crippen LogP contribution in [0.3, 0.4) is 0 Å². The number of aliphatic hydroxyl groups excluding tert-OH is 1. The number of rotatable bonds is 5. The van der Waals surface area contributed by atoms with Gasteiger partial charge in [-0.15, -0.1) is 11.6 Å². The van der Waals surface area contributed by atoms with Gasteiger partial charge in [-0.2, -0.15) is 0 Å². The molecule has 0 aromatic heterocycles. The Labute approximate surface area is 60.8 Å². The molecule has 0 amide bonds. The highest BCUT2D eigenvalue weighted by atomic mass is 35.5. The van der Waals surface area contributed by atoms with Crippen LogP contribution >= 0.6 is 11.6 Å². The molecule has 0 aliphatic heterocycles. The third-order valence-corrected chi connectivity index (χ3v) is 1.28. The monoisotopic (exact) mass is 152 g/mol. The van der Waals surface area contributed by atoms with E-state index in [4.69, 9.17) is 21.4 Å². The average molecular weight is 153 g/mol. The number of ether oxygens (including phenoxy) is 1. The first-order valence-corrected chi connectivity index (χ1v) is 3.67. The number of alkyl halides is 1.